The summed E-state index contributed by atoms with van der Waals surface area (Å²) in [6, 6.07) is 83.9. The molecule has 2 nitrogen and oxygen atoms in total. The number of para-hydroxylation sites is 3. The van der Waals surface area contributed by atoms with Gasteiger partial charge in [0.1, 0.15) is 0 Å². The lowest BCUT2D eigenvalue weighted by Gasteiger charge is -2.30. The number of anilines is 3. The summed E-state index contributed by atoms with van der Waals surface area (Å²) in [4.78, 5) is 2.51. The topological polar surface area (TPSA) is 8.17 Å². The molecule has 0 N–H and O–H groups in total. The summed E-state index contributed by atoms with van der Waals surface area (Å²) >= 11 is 0. The largest absolute Gasteiger partial charge is 0.310 e. The van der Waals surface area contributed by atoms with Crippen LogP contribution in [0.25, 0.3) is 82.8 Å². The van der Waals surface area contributed by atoms with Gasteiger partial charge in [-0.15, -0.1) is 0 Å². The van der Waals surface area contributed by atoms with E-state index >= 15 is 0 Å². The zero-order chi connectivity index (χ0) is 46.1. The molecule has 1 saturated carbocycles. The second kappa shape index (κ2) is 16.7. The van der Waals surface area contributed by atoms with E-state index in [0.29, 0.717) is 5.92 Å². The molecule has 10 aromatic carbocycles. The predicted molar refractivity (Wildman–Crippen MR) is 293 cm³/mol. The third-order valence-electron chi connectivity index (χ3n) is 15.6. The third kappa shape index (κ3) is 6.76. The molecule has 0 unspecified atom stereocenters. The van der Waals surface area contributed by atoms with E-state index in [1.807, 2.05) is 0 Å². The average molecular weight is 887 g/mol. The van der Waals surface area contributed by atoms with Gasteiger partial charge in [-0.05, 0) is 140 Å². The van der Waals surface area contributed by atoms with E-state index in [0.717, 1.165) is 17.1 Å². The highest BCUT2D eigenvalue weighted by atomic mass is 15.1. The molecule has 0 aliphatic heterocycles. The zero-order valence-electron chi connectivity index (χ0n) is 39.4. The smallest absolute Gasteiger partial charge is 0.0547 e. The SMILES string of the molecule is CC1(C)c2ccccc2-c2cccc(-c3cccc(N(c4ccc(-c5cccc6c5c5ccccc5n6-c5ccccc5)cc4)c4ccccc4-c4cccc5cccc(C6CCCCC6)c45)c3)c21. The molecule has 0 saturated heterocycles. The summed E-state index contributed by atoms with van der Waals surface area (Å²) in [6.45, 7) is 4.78. The molecule has 1 heterocycles. The molecule has 11 aromatic rings. The van der Waals surface area contributed by atoms with Crippen molar-refractivity contribution in [1.29, 1.82) is 0 Å². The van der Waals surface area contributed by atoms with Crippen molar-refractivity contribution < 1.29 is 0 Å². The number of hydrogen-bond acceptors (Lipinski definition) is 1. The minimum Gasteiger partial charge on any atom is -0.310 e. The van der Waals surface area contributed by atoms with Crippen molar-refractivity contribution in [1.82, 2.24) is 4.57 Å². The highest BCUT2D eigenvalue weighted by Gasteiger charge is 2.37. The number of nitrogens with zero attached hydrogens (tertiary/aromatic N) is 2. The summed E-state index contributed by atoms with van der Waals surface area (Å²) in [7, 11) is 0. The quantitative estimate of drug-likeness (QED) is 0.148. The maximum Gasteiger partial charge on any atom is 0.0547 e. The van der Waals surface area contributed by atoms with Gasteiger partial charge in [-0.1, -0.05) is 203 Å². The van der Waals surface area contributed by atoms with Crippen LogP contribution in [-0.2, 0) is 5.41 Å². The second-order valence-electron chi connectivity index (χ2n) is 19.8. The van der Waals surface area contributed by atoms with E-state index in [9.17, 15) is 0 Å². The van der Waals surface area contributed by atoms with Crippen molar-refractivity contribution in [3.63, 3.8) is 0 Å². The Balaban J connectivity index is 0.999. The van der Waals surface area contributed by atoms with Crippen LogP contribution in [0.4, 0.5) is 17.1 Å². The molecule has 2 aliphatic carbocycles. The number of aromatic nitrogens is 1. The van der Waals surface area contributed by atoms with Crippen molar-refractivity contribution in [3.8, 4) is 50.2 Å². The minimum absolute atomic E-state index is 0.138. The van der Waals surface area contributed by atoms with Crippen LogP contribution in [0.2, 0.25) is 0 Å². The Bertz CT molecular complexity index is 3730. The normalized spacial score (nSPS) is 14.3. The van der Waals surface area contributed by atoms with Gasteiger partial charge in [-0.2, -0.15) is 0 Å². The van der Waals surface area contributed by atoms with Gasteiger partial charge in [0, 0.05) is 38.8 Å². The number of fused-ring (bicyclic) bond motifs is 7. The Hall–Kier alpha value is -7.94. The zero-order valence-corrected chi connectivity index (χ0v) is 39.4. The van der Waals surface area contributed by atoms with E-state index in [2.05, 4.69) is 248 Å². The Labute approximate surface area is 405 Å². The molecular formula is C67H54N2. The van der Waals surface area contributed by atoms with E-state index in [4.69, 9.17) is 0 Å². The highest BCUT2D eigenvalue weighted by Crippen LogP contribution is 2.53. The van der Waals surface area contributed by atoms with Gasteiger partial charge in [0.15, 0.2) is 0 Å². The molecule has 69 heavy (non-hydrogen) atoms. The minimum atomic E-state index is -0.138. The van der Waals surface area contributed by atoms with Crippen molar-refractivity contribution >= 4 is 49.6 Å². The first-order valence-electron chi connectivity index (χ1n) is 25.0. The second-order valence-corrected chi connectivity index (χ2v) is 19.8. The fourth-order valence-electron chi connectivity index (χ4n) is 12.5. The molecule has 13 rings (SSSR count). The molecule has 0 radical (unpaired) electrons. The maximum atomic E-state index is 2.51. The van der Waals surface area contributed by atoms with Gasteiger partial charge < -0.3 is 9.47 Å². The number of rotatable bonds is 8. The Morgan fingerprint density at radius 2 is 1.07 bits per heavy atom. The van der Waals surface area contributed by atoms with E-state index in [1.165, 1.54) is 132 Å². The van der Waals surface area contributed by atoms with Crippen LogP contribution in [0.3, 0.4) is 0 Å². The summed E-state index contributed by atoms with van der Waals surface area (Å²) < 4.78 is 2.41. The molecular weight excluding hydrogens is 833 g/mol. The first kappa shape index (κ1) is 41.3. The van der Waals surface area contributed by atoms with Gasteiger partial charge in [-0.3, -0.25) is 0 Å². The van der Waals surface area contributed by atoms with Crippen LogP contribution in [0, 0.1) is 0 Å². The van der Waals surface area contributed by atoms with Crippen LogP contribution in [-0.4, -0.2) is 4.57 Å². The van der Waals surface area contributed by atoms with Crippen LogP contribution in [0.5, 0.6) is 0 Å². The van der Waals surface area contributed by atoms with Gasteiger partial charge >= 0.3 is 0 Å². The van der Waals surface area contributed by atoms with Gasteiger partial charge in [0.2, 0.25) is 0 Å². The summed E-state index contributed by atoms with van der Waals surface area (Å²) in [6.07, 6.45) is 6.46. The van der Waals surface area contributed by atoms with Gasteiger partial charge in [-0.25, -0.2) is 0 Å². The monoisotopic (exact) mass is 886 g/mol. The fraction of sp³-hybridized carbons (Fsp3) is 0.134. The maximum absolute atomic E-state index is 2.51. The molecule has 2 aliphatic rings. The number of benzene rings is 10. The van der Waals surface area contributed by atoms with Crippen molar-refractivity contribution in [2.75, 3.05) is 4.90 Å². The van der Waals surface area contributed by atoms with Crippen molar-refractivity contribution in [3.05, 3.63) is 241 Å². The van der Waals surface area contributed by atoms with Gasteiger partial charge in [0.05, 0.1) is 16.7 Å². The lowest BCUT2D eigenvalue weighted by molar-refractivity contribution is 0.445. The number of hydrogen-bond donors (Lipinski definition) is 0. The van der Waals surface area contributed by atoms with Crippen molar-refractivity contribution in [2.45, 2.75) is 57.3 Å². The average Bonchev–Trinajstić information content (AvgIpc) is 3.88. The van der Waals surface area contributed by atoms with Crippen LogP contribution in [0.1, 0.15) is 68.6 Å². The molecule has 0 spiro atoms. The Kier molecular flexibility index (Phi) is 9.98. The van der Waals surface area contributed by atoms with Crippen LogP contribution >= 0.6 is 0 Å². The standard InChI is InChI=1S/C67H54N2/c1-67(2)60-36-12-9-28-55(60)58-35-18-33-54(66(58)67)48-24-15-27-51(44-48)68(61-37-13-10-29-56(61)57-34-17-23-47-22-16-31-52(64(47)57)45-20-5-3-6-21-45)50-42-40-46(41-43-50)53-32-19-39-63-65(53)59-30-11-14-38-62(59)69(63)49-25-7-4-8-26-49/h4,7-19,22-45H,3,5-6,20-21H2,1-2H3. The molecule has 1 aromatic heterocycles. The Morgan fingerprint density at radius 3 is 1.93 bits per heavy atom. The first-order chi connectivity index (χ1) is 34.0. The molecule has 0 atom stereocenters. The summed E-state index contributed by atoms with van der Waals surface area (Å²) in [5.41, 5.74) is 21.3. The van der Waals surface area contributed by atoms with E-state index in [1.54, 1.807) is 0 Å². The summed E-state index contributed by atoms with van der Waals surface area (Å²) in [5, 5.41) is 5.23. The molecule has 0 bridgehead atoms. The molecule has 1 fully saturated rings. The van der Waals surface area contributed by atoms with Crippen LogP contribution in [0.15, 0.2) is 224 Å². The van der Waals surface area contributed by atoms with Crippen LogP contribution < -0.4 is 4.90 Å². The first-order valence-corrected chi connectivity index (χ1v) is 25.0. The lowest BCUT2D eigenvalue weighted by Crippen LogP contribution is -2.16. The lowest BCUT2D eigenvalue weighted by atomic mass is 9.79. The molecule has 332 valence electrons. The third-order valence-corrected chi connectivity index (χ3v) is 15.6. The predicted octanol–water partition coefficient (Wildman–Crippen LogP) is 18.8. The Morgan fingerprint density at radius 1 is 0.435 bits per heavy atom. The van der Waals surface area contributed by atoms with Crippen molar-refractivity contribution in [2.24, 2.45) is 0 Å². The highest BCUT2D eigenvalue weighted by molar-refractivity contribution is 6.16. The molecule has 2 heteroatoms. The summed E-state index contributed by atoms with van der Waals surface area (Å²) in [5.74, 6) is 0.574. The van der Waals surface area contributed by atoms with Gasteiger partial charge in [0.25, 0.3) is 0 Å². The molecule has 0 amide bonds. The van der Waals surface area contributed by atoms with E-state index < -0.39 is 0 Å². The van der Waals surface area contributed by atoms with E-state index in [-0.39, 0.29) is 5.41 Å². The fourth-order valence-corrected chi connectivity index (χ4v) is 12.5.